The summed E-state index contributed by atoms with van der Waals surface area (Å²) in [5, 5.41) is 12.8. The number of carbonyl (C=O) groups is 3. The summed E-state index contributed by atoms with van der Waals surface area (Å²) >= 11 is 0. The van der Waals surface area contributed by atoms with Gasteiger partial charge >= 0.3 is 12.1 Å². The highest BCUT2D eigenvalue weighted by atomic mass is 16.6. The molecule has 0 radical (unpaired) electrons. The number of likely N-dealkylation sites (N-methyl/N-ethyl adjacent to an activating group) is 1. The third-order valence-corrected chi connectivity index (χ3v) is 6.73. The largest absolute Gasteiger partial charge is 0.481 e. The number of ether oxygens (including phenoxy) is 1. The molecule has 3 aromatic carbocycles. The molecule has 42 heavy (non-hydrogen) atoms. The summed E-state index contributed by atoms with van der Waals surface area (Å²) in [6.45, 7) is 6.20. The van der Waals surface area contributed by atoms with E-state index in [4.69, 9.17) is 4.74 Å². The molecule has 0 bridgehead atoms. The van der Waals surface area contributed by atoms with Crippen molar-refractivity contribution in [2.75, 3.05) is 20.1 Å². The first-order chi connectivity index (χ1) is 20.0. The summed E-state index contributed by atoms with van der Waals surface area (Å²) in [5.41, 5.74) is 2.14. The highest BCUT2D eigenvalue weighted by Crippen LogP contribution is 2.18. The van der Waals surface area contributed by atoms with E-state index in [1.165, 1.54) is 4.90 Å². The third kappa shape index (κ3) is 11.0. The van der Waals surface area contributed by atoms with Crippen molar-refractivity contribution in [3.05, 3.63) is 108 Å². The predicted octanol–water partition coefficient (Wildman–Crippen LogP) is 5.17. The van der Waals surface area contributed by atoms with Crippen LogP contribution in [0.5, 0.6) is 0 Å². The normalized spacial score (nSPS) is 12.7. The van der Waals surface area contributed by atoms with Crippen LogP contribution in [0.3, 0.4) is 0 Å². The fraction of sp³-hybridized carbons (Fsp3) is 0.382. The molecule has 0 saturated heterocycles. The van der Waals surface area contributed by atoms with Gasteiger partial charge in [0.05, 0.1) is 6.42 Å². The summed E-state index contributed by atoms with van der Waals surface area (Å²) in [4.78, 5) is 42.4. The number of hydrogen-bond acceptors (Lipinski definition) is 5. The highest BCUT2D eigenvalue weighted by Gasteiger charge is 2.35. The molecule has 0 spiro atoms. The molecule has 8 heteroatoms. The van der Waals surface area contributed by atoms with Gasteiger partial charge in [-0.1, -0.05) is 91.0 Å². The van der Waals surface area contributed by atoms with Crippen LogP contribution in [0.15, 0.2) is 91.0 Å². The van der Waals surface area contributed by atoms with E-state index in [1.807, 2.05) is 91.0 Å². The molecule has 224 valence electrons. The van der Waals surface area contributed by atoms with E-state index in [2.05, 4.69) is 5.32 Å². The van der Waals surface area contributed by atoms with Gasteiger partial charge in [-0.15, -0.1) is 0 Å². The van der Waals surface area contributed by atoms with Crippen LogP contribution in [-0.4, -0.2) is 70.7 Å². The Kier molecular flexibility index (Phi) is 12.1. The van der Waals surface area contributed by atoms with Crippen LogP contribution in [0.2, 0.25) is 0 Å². The summed E-state index contributed by atoms with van der Waals surface area (Å²) in [6.07, 6.45) is 0.157. The van der Waals surface area contributed by atoms with Crippen LogP contribution in [0, 0.1) is 0 Å². The molecule has 3 rings (SSSR count). The second-order valence-corrected chi connectivity index (χ2v) is 11.5. The smallest absolute Gasteiger partial charge is 0.411 e. The van der Waals surface area contributed by atoms with Crippen molar-refractivity contribution in [1.82, 2.24) is 15.1 Å². The van der Waals surface area contributed by atoms with E-state index in [0.717, 1.165) is 16.7 Å². The molecule has 2 atom stereocenters. The quantitative estimate of drug-likeness (QED) is 0.276. The van der Waals surface area contributed by atoms with Crippen molar-refractivity contribution in [3.8, 4) is 0 Å². The second kappa shape index (κ2) is 15.7. The van der Waals surface area contributed by atoms with E-state index < -0.39 is 23.7 Å². The molecule has 0 saturated carbocycles. The van der Waals surface area contributed by atoms with E-state index >= 15 is 0 Å². The zero-order valence-electron chi connectivity index (χ0n) is 25.0. The zero-order valence-corrected chi connectivity index (χ0v) is 25.0. The number of nitrogens with one attached hydrogen (secondary N) is 1. The Morgan fingerprint density at radius 3 is 1.81 bits per heavy atom. The standard InChI is InChI=1S/C34H43N3O5/c1-34(2,3)42-33(41)37(21-20-35-29(24-31(38)39)22-26-14-8-5-9-15-26)30(23-27-16-10-6-11-17-27)32(40)36(4)25-28-18-12-7-13-19-28/h5-19,29-30,35H,20-25H2,1-4H3,(H,38,39). The van der Waals surface area contributed by atoms with Crippen LogP contribution in [0.1, 0.15) is 43.9 Å². The Morgan fingerprint density at radius 1 is 0.810 bits per heavy atom. The monoisotopic (exact) mass is 573 g/mol. The first-order valence-electron chi connectivity index (χ1n) is 14.3. The van der Waals surface area contributed by atoms with Crippen molar-refractivity contribution in [3.63, 3.8) is 0 Å². The molecule has 0 aliphatic heterocycles. The fourth-order valence-corrected chi connectivity index (χ4v) is 4.77. The van der Waals surface area contributed by atoms with Gasteiger partial charge in [-0.2, -0.15) is 0 Å². The van der Waals surface area contributed by atoms with Gasteiger partial charge in [0.25, 0.3) is 0 Å². The molecule has 0 aromatic heterocycles. The van der Waals surface area contributed by atoms with Crippen LogP contribution >= 0.6 is 0 Å². The lowest BCUT2D eigenvalue weighted by Gasteiger charge is -2.35. The number of benzene rings is 3. The number of hydrogen-bond donors (Lipinski definition) is 2. The molecule has 3 aromatic rings. The maximum Gasteiger partial charge on any atom is 0.411 e. The molecule has 2 N–H and O–H groups in total. The Morgan fingerprint density at radius 2 is 1.31 bits per heavy atom. The minimum absolute atomic E-state index is 0.0759. The van der Waals surface area contributed by atoms with Crippen LogP contribution < -0.4 is 5.32 Å². The van der Waals surface area contributed by atoms with E-state index in [0.29, 0.717) is 19.4 Å². The minimum Gasteiger partial charge on any atom is -0.481 e. The van der Waals surface area contributed by atoms with Crippen LogP contribution in [0.25, 0.3) is 0 Å². The maximum atomic E-state index is 14.0. The molecule has 0 heterocycles. The molecular weight excluding hydrogens is 530 g/mol. The topological polar surface area (TPSA) is 99.2 Å². The van der Waals surface area contributed by atoms with Gasteiger partial charge in [-0.3, -0.25) is 14.5 Å². The van der Waals surface area contributed by atoms with Gasteiger partial charge in [-0.25, -0.2) is 4.79 Å². The van der Waals surface area contributed by atoms with Crippen molar-refractivity contribution in [2.24, 2.45) is 0 Å². The van der Waals surface area contributed by atoms with Crippen molar-refractivity contribution >= 4 is 18.0 Å². The minimum atomic E-state index is -0.910. The Bertz CT molecular complexity index is 1260. The van der Waals surface area contributed by atoms with Gasteiger partial charge in [0.1, 0.15) is 11.6 Å². The van der Waals surface area contributed by atoms with Gasteiger partial charge < -0.3 is 20.1 Å². The summed E-state index contributed by atoms with van der Waals surface area (Å²) in [5.74, 6) is -1.12. The number of amides is 2. The van der Waals surface area contributed by atoms with E-state index in [9.17, 15) is 19.5 Å². The number of aliphatic carboxylic acids is 1. The second-order valence-electron chi connectivity index (χ2n) is 11.5. The van der Waals surface area contributed by atoms with Crippen LogP contribution in [0.4, 0.5) is 4.79 Å². The fourth-order valence-electron chi connectivity index (χ4n) is 4.77. The molecule has 0 aliphatic rings. The van der Waals surface area contributed by atoms with E-state index in [1.54, 1.807) is 32.7 Å². The average Bonchev–Trinajstić information content (AvgIpc) is 2.94. The third-order valence-electron chi connectivity index (χ3n) is 6.73. The predicted molar refractivity (Wildman–Crippen MR) is 164 cm³/mol. The summed E-state index contributed by atoms with van der Waals surface area (Å²) < 4.78 is 5.78. The lowest BCUT2D eigenvalue weighted by Crippen LogP contribution is -2.54. The van der Waals surface area contributed by atoms with Gasteiger partial charge in [0.15, 0.2) is 0 Å². The van der Waals surface area contributed by atoms with Gasteiger partial charge in [0.2, 0.25) is 5.91 Å². The lowest BCUT2D eigenvalue weighted by molar-refractivity contribution is -0.137. The molecule has 0 fully saturated rings. The van der Waals surface area contributed by atoms with E-state index in [-0.39, 0.29) is 31.5 Å². The highest BCUT2D eigenvalue weighted by molar-refractivity contribution is 5.86. The van der Waals surface area contributed by atoms with Crippen molar-refractivity contribution in [2.45, 2.75) is 64.3 Å². The first-order valence-corrected chi connectivity index (χ1v) is 14.3. The molecule has 0 aliphatic carbocycles. The van der Waals surface area contributed by atoms with Gasteiger partial charge in [0, 0.05) is 39.1 Å². The Labute approximate surface area is 249 Å². The number of nitrogens with zero attached hydrogens (tertiary/aromatic N) is 2. The Balaban J connectivity index is 1.86. The number of carboxylic acids is 1. The van der Waals surface area contributed by atoms with Crippen molar-refractivity contribution in [1.29, 1.82) is 0 Å². The lowest BCUT2D eigenvalue weighted by atomic mass is 10.0. The molecule has 2 unspecified atom stereocenters. The maximum absolute atomic E-state index is 14.0. The Hall–Kier alpha value is -4.17. The van der Waals surface area contributed by atoms with Gasteiger partial charge in [-0.05, 0) is 43.9 Å². The SMILES string of the molecule is CN(Cc1ccccc1)C(=O)C(Cc1ccccc1)N(CCNC(CC(=O)O)Cc1ccccc1)C(=O)OC(C)(C)C. The first kappa shape index (κ1) is 32.3. The molecule has 8 nitrogen and oxygen atoms in total. The summed E-state index contributed by atoms with van der Waals surface area (Å²) in [6, 6.07) is 27.8. The summed E-state index contributed by atoms with van der Waals surface area (Å²) in [7, 11) is 1.74. The number of carboxylic acid groups (broad SMARTS) is 1. The number of rotatable bonds is 14. The van der Waals surface area contributed by atoms with Crippen molar-refractivity contribution < 1.29 is 24.2 Å². The average molecular weight is 574 g/mol. The number of carbonyl (C=O) groups excluding carboxylic acids is 2. The van der Waals surface area contributed by atoms with Crippen LogP contribution in [-0.2, 0) is 33.7 Å². The molecule has 2 amide bonds. The zero-order chi connectivity index (χ0) is 30.5. The molecular formula is C34H43N3O5.